The fourth-order valence-corrected chi connectivity index (χ4v) is 5.19. The second-order valence-corrected chi connectivity index (χ2v) is 8.52. The van der Waals surface area contributed by atoms with Crippen LogP contribution in [0, 0.1) is 0 Å². The van der Waals surface area contributed by atoms with E-state index in [0.29, 0.717) is 6.04 Å². The average Bonchev–Trinajstić information content (AvgIpc) is 2.96. The van der Waals surface area contributed by atoms with Crippen molar-refractivity contribution in [3.8, 4) is 0 Å². The van der Waals surface area contributed by atoms with Crippen molar-refractivity contribution in [2.45, 2.75) is 32.2 Å². The minimum absolute atomic E-state index is 0.377. The van der Waals surface area contributed by atoms with Gasteiger partial charge in [-0.15, -0.1) is 11.3 Å². The molecule has 1 unspecified atom stereocenters. The summed E-state index contributed by atoms with van der Waals surface area (Å²) in [6.45, 7) is 3.24. The van der Waals surface area contributed by atoms with Crippen LogP contribution in [0.2, 0.25) is 0 Å². The van der Waals surface area contributed by atoms with E-state index in [2.05, 4.69) is 61.3 Å². The van der Waals surface area contributed by atoms with Crippen LogP contribution < -0.4 is 5.32 Å². The molecule has 1 atom stereocenters. The summed E-state index contributed by atoms with van der Waals surface area (Å²) < 4.78 is 4.33. The first kappa shape index (κ1) is 16.2. The van der Waals surface area contributed by atoms with E-state index in [0.717, 1.165) is 25.8 Å². The van der Waals surface area contributed by atoms with Crippen LogP contribution in [0.3, 0.4) is 0 Å². The van der Waals surface area contributed by atoms with Gasteiger partial charge in [-0.1, -0.05) is 6.92 Å². The molecule has 2 rings (SSSR count). The van der Waals surface area contributed by atoms with Crippen molar-refractivity contribution in [3.05, 3.63) is 37.2 Å². The number of aromatic nitrogens is 2. The fourth-order valence-electron chi connectivity index (χ4n) is 2.22. The summed E-state index contributed by atoms with van der Waals surface area (Å²) in [5.74, 6) is 0. The summed E-state index contributed by atoms with van der Waals surface area (Å²) in [7, 11) is 2.00. The molecule has 0 saturated heterocycles. The minimum atomic E-state index is 0.377. The maximum absolute atomic E-state index is 4.23. The van der Waals surface area contributed by atoms with Crippen molar-refractivity contribution < 1.29 is 0 Å². The van der Waals surface area contributed by atoms with Crippen molar-refractivity contribution in [2.75, 3.05) is 6.54 Å². The van der Waals surface area contributed by atoms with Crippen LogP contribution in [0.25, 0.3) is 0 Å². The highest BCUT2D eigenvalue weighted by atomic mass is 79.9. The summed E-state index contributed by atoms with van der Waals surface area (Å²) in [4.78, 5) is 0. The maximum Gasteiger partial charge on any atom is 0.0758 e. The Morgan fingerprint density at radius 3 is 2.80 bits per heavy atom. The third kappa shape index (κ3) is 4.16. The molecule has 0 bridgehead atoms. The van der Waals surface area contributed by atoms with Gasteiger partial charge in [0.1, 0.15) is 0 Å². The van der Waals surface area contributed by atoms with Gasteiger partial charge in [0.25, 0.3) is 0 Å². The number of thiophene rings is 1. The average molecular weight is 421 g/mol. The van der Waals surface area contributed by atoms with Crippen LogP contribution in [-0.4, -0.2) is 16.3 Å². The van der Waals surface area contributed by atoms with Crippen LogP contribution in [0.1, 0.15) is 37.1 Å². The van der Waals surface area contributed by atoms with Gasteiger partial charge < -0.3 is 5.32 Å². The van der Waals surface area contributed by atoms with Crippen molar-refractivity contribution in [1.82, 2.24) is 15.1 Å². The summed E-state index contributed by atoms with van der Waals surface area (Å²) in [6, 6.07) is 4.68. The molecule has 0 radical (unpaired) electrons. The van der Waals surface area contributed by atoms with Gasteiger partial charge in [0.15, 0.2) is 0 Å². The number of hydrogen-bond donors (Lipinski definition) is 1. The molecular formula is C14H19Br2N3S. The molecule has 0 saturated carbocycles. The highest BCUT2D eigenvalue weighted by molar-refractivity contribution is 9.12. The lowest BCUT2D eigenvalue weighted by Crippen LogP contribution is -2.23. The molecule has 110 valence electrons. The van der Waals surface area contributed by atoms with Crippen LogP contribution in [0.15, 0.2) is 25.9 Å². The summed E-state index contributed by atoms with van der Waals surface area (Å²) in [5, 5.41) is 7.88. The van der Waals surface area contributed by atoms with E-state index < -0.39 is 0 Å². The van der Waals surface area contributed by atoms with Crippen LogP contribution >= 0.6 is 43.2 Å². The van der Waals surface area contributed by atoms with Gasteiger partial charge in [0.05, 0.1) is 7.57 Å². The van der Waals surface area contributed by atoms with E-state index in [4.69, 9.17) is 0 Å². The molecule has 0 aliphatic heterocycles. The highest BCUT2D eigenvalue weighted by Crippen LogP contribution is 2.36. The third-order valence-electron chi connectivity index (χ3n) is 3.31. The number of nitrogens with one attached hydrogen (secondary N) is 1. The van der Waals surface area contributed by atoms with Gasteiger partial charge in [-0.25, -0.2) is 0 Å². The number of nitrogens with zero attached hydrogens (tertiary/aromatic N) is 2. The van der Waals surface area contributed by atoms with E-state index in [9.17, 15) is 0 Å². The molecule has 0 amide bonds. The standard InChI is InChI=1S/C14H19Br2N3S/c1-3-7-17-12(11-9-13(15)20-14(11)16)5-4-10-6-8-18-19(10)2/h6,8-9,12,17H,3-5,7H2,1-2H3. The van der Waals surface area contributed by atoms with Gasteiger partial charge in [-0.2, -0.15) is 5.10 Å². The molecule has 0 aromatic carbocycles. The fraction of sp³-hybridized carbons (Fsp3) is 0.500. The summed E-state index contributed by atoms with van der Waals surface area (Å²) in [5.41, 5.74) is 2.62. The lowest BCUT2D eigenvalue weighted by molar-refractivity contribution is 0.491. The van der Waals surface area contributed by atoms with E-state index >= 15 is 0 Å². The number of aryl methyl sites for hydroxylation is 2. The quantitative estimate of drug-likeness (QED) is 0.704. The van der Waals surface area contributed by atoms with Gasteiger partial charge in [-0.3, -0.25) is 4.68 Å². The molecule has 0 aliphatic carbocycles. The largest absolute Gasteiger partial charge is 0.310 e. The Morgan fingerprint density at radius 1 is 1.45 bits per heavy atom. The number of rotatable bonds is 7. The Hall–Kier alpha value is -0.170. The van der Waals surface area contributed by atoms with Crippen LogP contribution in [0.4, 0.5) is 0 Å². The second kappa shape index (κ2) is 7.73. The number of hydrogen-bond acceptors (Lipinski definition) is 3. The molecule has 0 aliphatic rings. The van der Waals surface area contributed by atoms with Crippen molar-refractivity contribution >= 4 is 43.2 Å². The molecule has 20 heavy (non-hydrogen) atoms. The van der Waals surface area contributed by atoms with Gasteiger partial charge in [0, 0.05) is 25.0 Å². The first-order chi connectivity index (χ1) is 9.61. The zero-order chi connectivity index (χ0) is 14.5. The zero-order valence-corrected chi connectivity index (χ0v) is 15.7. The molecule has 2 aromatic rings. The Labute approximate surface area is 141 Å². The predicted octanol–water partition coefficient (Wildman–Crippen LogP) is 4.68. The maximum atomic E-state index is 4.23. The van der Waals surface area contributed by atoms with E-state index in [-0.39, 0.29) is 0 Å². The third-order valence-corrected chi connectivity index (χ3v) is 5.70. The lowest BCUT2D eigenvalue weighted by Gasteiger charge is -2.18. The predicted molar refractivity (Wildman–Crippen MR) is 92.3 cm³/mol. The Kier molecular flexibility index (Phi) is 6.26. The normalized spacial score (nSPS) is 12.8. The van der Waals surface area contributed by atoms with Gasteiger partial charge >= 0.3 is 0 Å². The van der Waals surface area contributed by atoms with E-state index in [1.165, 1.54) is 18.8 Å². The molecule has 6 heteroatoms. The number of halogens is 2. The van der Waals surface area contributed by atoms with Crippen molar-refractivity contribution in [3.63, 3.8) is 0 Å². The topological polar surface area (TPSA) is 29.9 Å². The van der Waals surface area contributed by atoms with Crippen LogP contribution in [0.5, 0.6) is 0 Å². The second-order valence-electron chi connectivity index (χ2n) is 4.77. The van der Waals surface area contributed by atoms with E-state index in [1.54, 1.807) is 11.3 Å². The van der Waals surface area contributed by atoms with Crippen molar-refractivity contribution in [1.29, 1.82) is 0 Å². The lowest BCUT2D eigenvalue weighted by atomic mass is 10.0. The minimum Gasteiger partial charge on any atom is -0.310 e. The van der Waals surface area contributed by atoms with Crippen molar-refractivity contribution in [2.24, 2.45) is 7.05 Å². The highest BCUT2D eigenvalue weighted by Gasteiger charge is 2.17. The molecule has 2 heterocycles. The molecule has 0 fully saturated rings. The Morgan fingerprint density at radius 2 is 2.25 bits per heavy atom. The molecule has 2 aromatic heterocycles. The molecule has 3 nitrogen and oxygen atoms in total. The first-order valence-electron chi connectivity index (χ1n) is 6.76. The SMILES string of the molecule is CCCNC(CCc1ccnn1C)c1cc(Br)sc1Br. The summed E-state index contributed by atoms with van der Waals surface area (Å²) >= 11 is 8.97. The zero-order valence-electron chi connectivity index (χ0n) is 11.7. The van der Waals surface area contributed by atoms with Gasteiger partial charge in [-0.05, 0) is 75.4 Å². The van der Waals surface area contributed by atoms with Gasteiger partial charge in [0.2, 0.25) is 0 Å². The molecule has 1 N–H and O–H groups in total. The van der Waals surface area contributed by atoms with Crippen LogP contribution in [-0.2, 0) is 13.5 Å². The Bertz CT molecular complexity index is 550. The smallest absolute Gasteiger partial charge is 0.0758 e. The monoisotopic (exact) mass is 419 g/mol. The first-order valence-corrected chi connectivity index (χ1v) is 9.17. The van der Waals surface area contributed by atoms with E-state index in [1.807, 2.05) is 17.9 Å². The molecular weight excluding hydrogens is 402 g/mol. The molecule has 0 spiro atoms. The Balaban J connectivity index is 2.07. The summed E-state index contributed by atoms with van der Waals surface area (Å²) in [6.07, 6.45) is 5.10.